The van der Waals surface area contributed by atoms with Crippen LogP contribution in [0.1, 0.15) is 18.1 Å². The van der Waals surface area contributed by atoms with Gasteiger partial charge in [0.1, 0.15) is 0 Å². The van der Waals surface area contributed by atoms with Gasteiger partial charge in [0.25, 0.3) is 5.22 Å². The normalized spacial score (nSPS) is 16.2. The van der Waals surface area contributed by atoms with E-state index in [1.165, 1.54) is 11.8 Å². The monoisotopic (exact) mass is 347 g/mol. The van der Waals surface area contributed by atoms with Crippen LogP contribution in [0.5, 0.6) is 0 Å². The highest BCUT2D eigenvalue weighted by atomic mass is 32.2. The Labute approximate surface area is 145 Å². The van der Waals surface area contributed by atoms with Crippen molar-refractivity contribution in [2.45, 2.75) is 31.2 Å². The molecule has 3 rings (SSSR count). The van der Waals surface area contributed by atoms with Crippen molar-refractivity contribution in [3.63, 3.8) is 0 Å². The predicted molar refractivity (Wildman–Crippen MR) is 91.9 cm³/mol. The number of ether oxygens (including phenoxy) is 1. The number of carbonyl (C=O) groups excluding carboxylic acids is 1. The van der Waals surface area contributed by atoms with Crippen LogP contribution in [0.15, 0.2) is 27.8 Å². The lowest BCUT2D eigenvalue weighted by atomic mass is 10.1. The fraction of sp³-hybridized carbons (Fsp3) is 0.471. The molecule has 1 amide bonds. The van der Waals surface area contributed by atoms with Crippen LogP contribution in [-0.2, 0) is 9.53 Å². The number of morpholine rings is 1. The lowest BCUT2D eigenvalue weighted by Crippen LogP contribution is -2.44. The highest BCUT2D eigenvalue weighted by molar-refractivity contribution is 8.00. The minimum atomic E-state index is -0.268. The number of thioether (sulfide) groups is 1. The van der Waals surface area contributed by atoms with E-state index in [1.54, 1.807) is 0 Å². The fourth-order valence-electron chi connectivity index (χ4n) is 2.71. The van der Waals surface area contributed by atoms with Crippen LogP contribution in [0, 0.1) is 13.8 Å². The molecule has 1 aromatic carbocycles. The van der Waals surface area contributed by atoms with E-state index in [1.807, 2.05) is 37.8 Å². The van der Waals surface area contributed by atoms with Gasteiger partial charge in [-0.15, -0.1) is 10.2 Å². The number of nitrogens with zero attached hydrogens (tertiary/aromatic N) is 3. The topological polar surface area (TPSA) is 68.5 Å². The third kappa shape index (κ3) is 3.96. The van der Waals surface area contributed by atoms with E-state index in [9.17, 15) is 4.79 Å². The van der Waals surface area contributed by atoms with Crippen molar-refractivity contribution in [3.05, 3.63) is 29.3 Å². The quantitative estimate of drug-likeness (QED) is 0.792. The number of aromatic nitrogens is 2. The Morgan fingerprint density at radius 1 is 1.17 bits per heavy atom. The summed E-state index contributed by atoms with van der Waals surface area (Å²) in [5.74, 6) is 0.560. The van der Waals surface area contributed by atoms with Crippen molar-refractivity contribution in [2.75, 3.05) is 26.3 Å². The van der Waals surface area contributed by atoms with Gasteiger partial charge in [-0.3, -0.25) is 4.79 Å². The Kier molecular flexibility index (Phi) is 5.20. The first kappa shape index (κ1) is 17.0. The SMILES string of the molecule is Cc1cc(C)cc(-c2nnc(S[C@H](C)C(=O)N3CCOCC3)o2)c1. The molecule has 0 N–H and O–H groups in total. The van der Waals surface area contributed by atoms with Crippen molar-refractivity contribution >= 4 is 17.7 Å². The zero-order chi connectivity index (χ0) is 17.1. The van der Waals surface area contributed by atoms with E-state index in [4.69, 9.17) is 9.15 Å². The number of amides is 1. The molecule has 0 aliphatic carbocycles. The number of rotatable bonds is 4. The van der Waals surface area contributed by atoms with Gasteiger partial charge in [-0.2, -0.15) is 0 Å². The van der Waals surface area contributed by atoms with Crippen molar-refractivity contribution in [2.24, 2.45) is 0 Å². The number of carbonyl (C=O) groups is 1. The van der Waals surface area contributed by atoms with Crippen molar-refractivity contribution in [1.82, 2.24) is 15.1 Å². The van der Waals surface area contributed by atoms with E-state index < -0.39 is 0 Å². The van der Waals surface area contributed by atoms with Crippen molar-refractivity contribution < 1.29 is 13.9 Å². The van der Waals surface area contributed by atoms with Gasteiger partial charge in [-0.1, -0.05) is 29.0 Å². The van der Waals surface area contributed by atoms with Crippen LogP contribution in [0.2, 0.25) is 0 Å². The second kappa shape index (κ2) is 7.36. The minimum Gasteiger partial charge on any atom is -0.411 e. The molecule has 1 aliphatic heterocycles. The highest BCUT2D eigenvalue weighted by Crippen LogP contribution is 2.28. The molecule has 128 valence electrons. The third-order valence-electron chi connectivity index (χ3n) is 3.82. The number of benzene rings is 1. The maximum absolute atomic E-state index is 12.4. The van der Waals surface area contributed by atoms with Gasteiger partial charge in [-0.25, -0.2) is 0 Å². The van der Waals surface area contributed by atoms with Crippen LogP contribution in [0.3, 0.4) is 0 Å². The predicted octanol–water partition coefficient (Wildman–Crippen LogP) is 2.69. The minimum absolute atomic E-state index is 0.0782. The molecule has 1 fully saturated rings. The van der Waals surface area contributed by atoms with Gasteiger partial charge in [-0.05, 0) is 32.9 Å². The maximum atomic E-state index is 12.4. The molecule has 7 heteroatoms. The lowest BCUT2D eigenvalue weighted by molar-refractivity contribution is -0.134. The average molecular weight is 347 g/mol. The molecule has 0 radical (unpaired) electrons. The molecule has 1 aliphatic rings. The van der Waals surface area contributed by atoms with Crippen LogP contribution < -0.4 is 0 Å². The largest absolute Gasteiger partial charge is 0.411 e. The molecule has 0 spiro atoms. The summed E-state index contributed by atoms with van der Waals surface area (Å²) < 4.78 is 11.0. The summed E-state index contributed by atoms with van der Waals surface area (Å²) in [7, 11) is 0. The van der Waals surface area contributed by atoms with E-state index >= 15 is 0 Å². The van der Waals surface area contributed by atoms with Gasteiger partial charge in [0.15, 0.2) is 0 Å². The Morgan fingerprint density at radius 2 is 1.83 bits per heavy atom. The van der Waals surface area contributed by atoms with E-state index in [2.05, 4.69) is 16.3 Å². The Hall–Kier alpha value is -1.86. The van der Waals surface area contributed by atoms with E-state index in [0.29, 0.717) is 37.4 Å². The smallest absolute Gasteiger partial charge is 0.277 e. The molecule has 0 bridgehead atoms. The second-order valence-corrected chi connectivity index (χ2v) is 7.24. The lowest BCUT2D eigenvalue weighted by Gasteiger charge is -2.28. The molecular weight excluding hydrogens is 326 g/mol. The molecule has 6 nitrogen and oxygen atoms in total. The Balaban J connectivity index is 1.68. The number of hydrogen-bond donors (Lipinski definition) is 0. The fourth-order valence-corrected chi connectivity index (χ4v) is 3.48. The van der Waals surface area contributed by atoms with Gasteiger partial charge >= 0.3 is 0 Å². The van der Waals surface area contributed by atoms with Gasteiger partial charge in [0.2, 0.25) is 11.8 Å². The zero-order valence-electron chi connectivity index (χ0n) is 14.1. The summed E-state index contributed by atoms with van der Waals surface area (Å²) in [6.07, 6.45) is 0. The summed E-state index contributed by atoms with van der Waals surface area (Å²) in [4.78, 5) is 14.3. The molecule has 0 saturated carbocycles. The van der Waals surface area contributed by atoms with Crippen molar-refractivity contribution in [3.8, 4) is 11.5 Å². The highest BCUT2D eigenvalue weighted by Gasteiger charge is 2.25. The van der Waals surface area contributed by atoms with E-state index in [0.717, 1.165) is 16.7 Å². The molecule has 1 saturated heterocycles. The first-order valence-corrected chi connectivity index (χ1v) is 8.86. The average Bonchev–Trinajstić information content (AvgIpc) is 3.02. The van der Waals surface area contributed by atoms with Crippen LogP contribution in [-0.4, -0.2) is 52.6 Å². The molecule has 1 aromatic heterocycles. The summed E-state index contributed by atoms with van der Waals surface area (Å²) >= 11 is 1.30. The van der Waals surface area contributed by atoms with Gasteiger partial charge in [0.05, 0.1) is 18.5 Å². The summed E-state index contributed by atoms with van der Waals surface area (Å²) in [5, 5.41) is 8.33. The first-order chi connectivity index (χ1) is 11.5. The van der Waals surface area contributed by atoms with E-state index in [-0.39, 0.29) is 11.2 Å². The summed E-state index contributed by atoms with van der Waals surface area (Å²) in [6, 6.07) is 6.12. The van der Waals surface area contributed by atoms with Gasteiger partial charge in [0, 0.05) is 18.7 Å². The third-order valence-corrected chi connectivity index (χ3v) is 4.75. The first-order valence-electron chi connectivity index (χ1n) is 7.98. The van der Waals surface area contributed by atoms with Crippen LogP contribution in [0.4, 0.5) is 0 Å². The standard InChI is InChI=1S/C17H21N3O3S/c1-11-8-12(2)10-14(9-11)15-18-19-17(23-15)24-13(3)16(21)20-4-6-22-7-5-20/h8-10,13H,4-7H2,1-3H3/t13-/m1/s1. The summed E-state index contributed by atoms with van der Waals surface area (Å²) in [5.41, 5.74) is 3.19. The molecule has 24 heavy (non-hydrogen) atoms. The summed E-state index contributed by atoms with van der Waals surface area (Å²) in [6.45, 7) is 8.41. The molecular formula is C17H21N3O3S. The molecule has 2 aromatic rings. The van der Waals surface area contributed by atoms with Gasteiger partial charge < -0.3 is 14.1 Å². The Morgan fingerprint density at radius 3 is 2.50 bits per heavy atom. The maximum Gasteiger partial charge on any atom is 0.277 e. The number of aryl methyl sites for hydroxylation is 2. The second-order valence-electron chi connectivity index (χ2n) is 5.95. The molecule has 0 unspecified atom stereocenters. The zero-order valence-corrected chi connectivity index (χ0v) is 14.9. The van der Waals surface area contributed by atoms with Crippen molar-refractivity contribution in [1.29, 1.82) is 0 Å². The van der Waals surface area contributed by atoms with Crippen LogP contribution >= 0.6 is 11.8 Å². The Bertz CT molecular complexity index is 705. The molecule has 2 heterocycles. The van der Waals surface area contributed by atoms with Crippen LogP contribution in [0.25, 0.3) is 11.5 Å². The molecule has 1 atom stereocenters. The number of hydrogen-bond acceptors (Lipinski definition) is 6.